The SMILES string of the molecule is CC(C)(C)OC(=O)COc1ccc2c(c1)Oc1ccccc1[I+]2. The fourth-order valence-electron chi connectivity index (χ4n) is 2.08. The molecule has 0 amide bonds. The zero-order chi connectivity index (χ0) is 16.4. The molecular formula is C18H18IO4+. The van der Waals surface area contributed by atoms with Crippen molar-refractivity contribution in [2.24, 2.45) is 0 Å². The van der Waals surface area contributed by atoms with Crippen molar-refractivity contribution in [1.29, 1.82) is 0 Å². The largest absolute Gasteiger partial charge is 0.482 e. The van der Waals surface area contributed by atoms with E-state index in [2.05, 4.69) is 6.07 Å². The lowest BCUT2D eigenvalue weighted by Crippen LogP contribution is -3.61. The van der Waals surface area contributed by atoms with Gasteiger partial charge in [0.2, 0.25) is 7.14 Å². The third-order valence-electron chi connectivity index (χ3n) is 2.94. The second-order valence-electron chi connectivity index (χ2n) is 6.09. The molecule has 0 bridgehead atoms. The Morgan fingerprint density at radius 3 is 2.61 bits per heavy atom. The molecule has 1 aliphatic heterocycles. The topological polar surface area (TPSA) is 44.8 Å². The van der Waals surface area contributed by atoms with E-state index in [0.717, 1.165) is 11.5 Å². The third-order valence-corrected chi connectivity index (χ3v) is 5.88. The van der Waals surface area contributed by atoms with Gasteiger partial charge in [-0.3, -0.25) is 0 Å². The Bertz CT molecular complexity index is 734. The Kier molecular flexibility index (Phi) is 4.48. The van der Waals surface area contributed by atoms with Crippen molar-refractivity contribution in [3.63, 3.8) is 0 Å². The number of carbonyl (C=O) groups is 1. The number of carbonyl (C=O) groups excluding carboxylic acids is 1. The van der Waals surface area contributed by atoms with E-state index in [1.54, 1.807) is 0 Å². The monoisotopic (exact) mass is 425 g/mol. The van der Waals surface area contributed by atoms with Crippen LogP contribution in [0, 0.1) is 7.14 Å². The molecule has 4 nitrogen and oxygen atoms in total. The summed E-state index contributed by atoms with van der Waals surface area (Å²) >= 11 is -0.251. The minimum Gasteiger partial charge on any atom is -0.482 e. The number of ether oxygens (including phenoxy) is 3. The number of fused-ring (bicyclic) bond motifs is 2. The summed E-state index contributed by atoms with van der Waals surface area (Å²) in [4.78, 5) is 11.7. The van der Waals surface area contributed by atoms with Gasteiger partial charge in [-0.2, -0.15) is 0 Å². The fraction of sp³-hybridized carbons (Fsp3) is 0.278. The van der Waals surface area contributed by atoms with Gasteiger partial charge in [0.1, 0.15) is 11.4 Å². The lowest BCUT2D eigenvalue weighted by molar-refractivity contribution is -0.602. The normalized spacial score (nSPS) is 12.7. The molecule has 0 aliphatic carbocycles. The summed E-state index contributed by atoms with van der Waals surface area (Å²) in [5, 5.41) is 0. The van der Waals surface area contributed by atoms with Gasteiger partial charge >= 0.3 is 27.2 Å². The van der Waals surface area contributed by atoms with E-state index < -0.39 is 5.60 Å². The minimum absolute atomic E-state index is 0.109. The van der Waals surface area contributed by atoms with E-state index in [4.69, 9.17) is 14.2 Å². The van der Waals surface area contributed by atoms with Gasteiger partial charge in [0.15, 0.2) is 18.1 Å². The van der Waals surface area contributed by atoms with Gasteiger partial charge in [0.25, 0.3) is 0 Å². The predicted octanol–water partition coefficient (Wildman–Crippen LogP) is 0.641. The summed E-state index contributed by atoms with van der Waals surface area (Å²) in [5.74, 6) is 1.96. The first kappa shape index (κ1) is 16.1. The van der Waals surface area contributed by atoms with Crippen LogP contribution in [0.1, 0.15) is 20.8 Å². The zero-order valence-corrected chi connectivity index (χ0v) is 15.4. The molecule has 23 heavy (non-hydrogen) atoms. The van der Waals surface area contributed by atoms with Crippen molar-refractivity contribution in [1.82, 2.24) is 0 Å². The Hall–Kier alpha value is -1.76. The third kappa shape index (κ3) is 4.16. The molecule has 0 radical (unpaired) electrons. The molecule has 0 N–H and O–H groups in total. The number of rotatable bonds is 3. The van der Waals surface area contributed by atoms with Crippen LogP contribution in [0.2, 0.25) is 0 Å². The van der Waals surface area contributed by atoms with Gasteiger partial charge < -0.3 is 14.2 Å². The van der Waals surface area contributed by atoms with Crippen molar-refractivity contribution >= 4 is 5.97 Å². The average molecular weight is 425 g/mol. The van der Waals surface area contributed by atoms with Gasteiger partial charge in [-0.15, -0.1) is 0 Å². The Balaban J connectivity index is 1.67. The summed E-state index contributed by atoms with van der Waals surface area (Å²) in [7, 11) is 0. The Morgan fingerprint density at radius 1 is 1.09 bits per heavy atom. The van der Waals surface area contributed by atoms with Gasteiger partial charge in [-0.25, -0.2) is 4.79 Å². The molecule has 0 atom stereocenters. The number of hydrogen-bond donors (Lipinski definition) is 0. The highest BCUT2D eigenvalue weighted by Crippen LogP contribution is 2.27. The maximum atomic E-state index is 11.7. The van der Waals surface area contributed by atoms with Crippen molar-refractivity contribution in [2.45, 2.75) is 26.4 Å². The summed E-state index contributed by atoms with van der Waals surface area (Å²) in [5.41, 5.74) is -0.506. The highest BCUT2D eigenvalue weighted by molar-refractivity contribution is 5.71. The molecule has 0 fully saturated rings. The highest BCUT2D eigenvalue weighted by Gasteiger charge is 2.31. The van der Waals surface area contributed by atoms with Gasteiger partial charge in [-0.1, -0.05) is 12.1 Å². The first-order chi connectivity index (χ1) is 10.9. The molecule has 120 valence electrons. The van der Waals surface area contributed by atoms with Crippen molar-refractivity contribution in [3.8, 4) is 17.2 Å². The lowest BCUT2D eigenvalue weighted by Gasteiger charge is -2.19. The zero-order valence-electron chi connectivity index (χ0n) is 13.3. The molecule has 3 rings (SSSR count). The number of esters is 1. The Labute approximate surface area is 146 Å². The quantitative estimate of drug-likeness (QED) is 0.457. The summed E-state index contributed by atoms with van der Waals surface area (Å²) in [6.07, 6.45) is 0. The summed E-state index contributed by atoms with van der Waals surface area (Å²) in [6.45, 7) is 5.39. The van der Waals surface area contributed by atoms with Gasteiger partial charge in [0.05, 0.1) is 0 Å². The maximum Gasteiger partial charge on any atom is 0.366 e. The lowest BCUT2D eigenvalue weighted by atomic mass is 10.2. The molecule has 0 saturated carbocycles. The molecule has 2 aromatic carbocycles. The molecule has 1 aliphatic rings. The van der Waals surface area contributed by atoms with E-state index in [1.807, 2.05) is 57.2 Å². The smallest absolute Gasteiger partial charge is 0.366 e. The number of benzene rings is 2. The second-order valence-corrected chi connectivity index (χ2v) is 8.96. The molecule has 0 spiro atoms. The van der Waals surface area contributed by atoms with E-state index in [-0.39, 0.29) is 33.8 Å². The van der Waals surface area contributed by atoms with Crippen LogP contribution in [0.5, 0.6) is 17.2 Å². The average Bonchev–Trinajstić information content (AvgIpc) is 2.49. The fourth-order valence-corrected chi connectivity index (χ4v) is 4.54. The number of para-hydroxylation sites is 1. The second kappa shape index (κ2) is 6.39. The van der Waals surface area contributed by atoms with Gasteiger partial charge in [-0.05, 0) is 45.0 Å². The molecule has 1 heterocycles. The van der Waals surface area contributed by atoms with E-state index in [1.165, 1.54) is 7.14 Å². The number of hydrogen-bond acceptors (Lipinski definition) is 4. The van der Waals surface area contributed by atoms with Gasteiger partial charge in [0, 0.05) is 6.07 Å². The first-order valence-corrected chi connectivity index (χ1v) is 9.47. The van der Waals surface area contributed by atoms with E-state index in [0.29, 0.717) is 5.75 Å². The van der Waals surface area contributed by atoms with Crippen LogP contribution in [0.4, 0.5) is 0 Å². The first-order valence-electron chi connectivity index (χ1n) is 7.31. The van der Waals surface area contributed by atoms with Crippen molar-refractivity contribution < 1.29 is 40.2 Å². The van der Waals surface area contributed by atoms with Crippen LogP contribution < -0.4 is 30.7 Å². The molecule has 5 heteroatoms. The van der Waals surface area contributed by atoms with Crippen molar-refractivity contribution in [3.05, 3.63) is 49.6 Å². The molecule has 2 aromatic rings. The highest BCUT2D eigenvalue weighted by atomic mass is 127. The van der Waals surface area contributed by atoms with E-state index in [9.17, 15) is 4.79 Å². The van der Waals surface area contributed by atoms with Crippen molar-refractivity contribution in [2.75, 3.05) is 6.61 Å². The Morgan fingerprint density at radius 2 is 1.83 bits per heavy atom. The molecule has 0 aromatic heterocycles. The number of halogens is 1. The summed E-state index contributed by atoms with van der Waals surface area (Å²) < 4.78 is 19.2. The van der Waals surface area contributed by atoms with Crippen LogP contribution in [0.3, 0.4) is 0 Å². The van der Waals surface area contributed by atoms with Crippen LogP contribution in [-0.2, 0) is 9.53 Å². The van der Waals surface area contributed by atoms with Crippen LogP contribution in [0.25, 0.3) is 0 Å². The van der Waals surface area contributed by atoms with Crippen LogP contribution in [-0.4, -0.2) is 18.2 Å². The minimum atomic E-state index is -0.506. The molecular weight excluding hydrogens is 407 g/mol. The van der Waals surface area contributed by atoms with Crippen LogP contribution in [0.15, 0.2) is 42.5 Å². The molecule has 0 unspecified atom stereocenters. The van der Waals surface area contributed by atoms with Crippen LogP contribution >= 0.6 is 0 Å². The standard InChI is InChI=1S/C18H18IO4/c1-18(2,3)23-17(20)11-21-12-8-9-14-16(10-12)22-15-7-5-4-6-13(15)19-14/h4-10H,11H2,1-3H3/q+1. The maximum absolute atomic E-state index is 11.7. The molecule has 0 saturated heterocycles. The summed E-state index contributed by atoms with van der Waals surface area (Å²) in [6, 6.07) is 13.8. The van der Waals surface area contributed by atoms with E-state index >= 15 is 0 Å². The predicted molar refractivity (Wildman–Crippen MR) is 81.7 cm³/mol.